The Kier molecular flexibility index (Phi) is 3.85. The summed E-state index contributed by atoms with van der Waals surface area (Å²) in [6.45, 7) is 1.92. The largest absolute Gasteiger partial charge is 0.369 e. The lowest BCUT2D eigenvalue weighted by atomic mass is 10.0. The van der Waals surface area contributed by atoms with E-state index in [4.69, 9.17) is 11.5 Å². The van der Waals surface area contributed by atoms with Crippen LogP contribution in [-0.4, -0.2) is 16.2 Å². The van der Waals surface area contributed by atoms with Crippen molar-refractivity contribution < 1.29 is 0 Å². The molecule has 0 radical (unpaired) electrons. The number of fused-ring (bicyclic) bond motifs is 1. The Balaban J connectivity index is 2.35. The Hall–Kier alpha value is -3.08. The van der Waals surface area contributed by atoms with E-state index in [1.807, 2.05) is 37.3 Å². The smallest absolute Gasteiger partial charge is 0.211 e. The molecule has 23 heavy (non-hydrogen) atoms. The van der Waals surface area contributed by atoms with E-state index in [2.05, 4.69) is 46.1 Å². The standard InChI is InChI=1S/C18H19N5/c1-12(21-22-18(19)20)16-14-10-6-7-11-15(14)23(2)17(16)13-8-4-3-5-9-13/h3-11H,1-2H3,(H4,19,20,22). The predicted octanol–water partition coefficient (Wildman–Crippen LogP) is 2.84. The van der Waals surface area contributed by atoms with Crippen molar-refractivity contribution in [2.24, 2.45) is 28.7 Å². The highest BCUT2D eigenvalue weighted by molar-refractivity contribution is 6.15. The number of hydrogen-bond donors (Lipinski definition) is 2. The van der Waals surface area contributed by atoms with Gasteiger partial charge in [0.25, 0.3) is 0 Å². The first-order valence-electron chi connectivity index (χ1n) is 7.36. The molecule has 1 aromatic heterocycles. The number of guanidine groups is 1. The Labute approximate surface area is 134 Å². The molecule has 0 spiro atoms. The van der Waals surface area contributed by atoms with Gasteiger partial charge in [-0.05, 0) is 18.6 Å². The highest BCUT2D eigenvalue weighted by Crippen LogP contribution is 2.33. The summed E-state index contributed by atoms with van der Waals surface area (Å²) in [4.78, 5) is 0. The normalized spacial score (nSPS) is 11.7. The summed E-state index contributed by atoms with van der Waals surface area (Å²) in [6.07, 6.45) is 0. The van der Waals surface area contributed by atoms with Crippen LogP contribution in [-0.2, 0) is 7.05 Å². The van der Waals surface area contributed by atoms with Gasteiger partial charge in [0.15, 0.2) is 0 Å². The van der Waals surface area contributed by atoms with Crippen molar-refractivity contribution in [1.82, 2.24) is 4.57 Å². The fourth-order valence-corrected chi connectivity index (χ4v) is 2.88. The van der Waals surface area contributed by atoms with Crippen LogP contribution in [0.5, 0.6) is 0 Å². The molecule has 3 aromatic rings. The maximum absolute atomic E-state index is 5.40. The zero-order chi connectivity index (χ0) is 16.4. The van der Waals surface area contributed by atoms with Crippen LogP contribution in [0.15, 0.2) is 64.8 Å². The number of para-hydroxylation sites is 1. The van der Waals surface area contributed by atoms with Crippen LogP contribution in [0.1, 0.15) is 12.5 Å². The summed E-state index contributed by atoms with van der Waals surface area (Å²) in [5.74, 6) is -0.0501. The molecular weight excluding hydrogens is 286 g/mol. The molecule has 0 aliphatic rings. The summed E-state index contributed by atoms with van der Waals surface area (Å²) >= 11 is 0. The number of aromatic nitrogens is 1. The molecular formula is C18H19N5. The third-order valence-electron chi connectivity index (χ3n) is 3.83. The van der Waals surface area contributed by atoms with Crippen LogP contribution in [0.3, 0.4) is 0 Å². The monoisotopic (exact) mass is 305 g/mol. The number of rotatable bonds is 3. The molecule has 0 aliphatic carbocycles. The molecule has 0 saturated heterocycles. The highest BCUT2D eigenvalue weighted by Gasteiger charge is 2.18. The summed E-state index contributed by atoms with van der Waals surface area (Å²) in [5.41, 5.74) is 16.0. The van der Waals surface area contributed by atoms with Gasteiger partial charge in [0.1, 0.15) is 0 Å². The average molecular weight is 305 g/mol. The Morgan fingerprint density at radius 2 is 1.57 bits per heavy atom. The lowest BCUT2D eigenvalue weighted by molar-refractivity contribution is 0.977. The van der Waals surface area contributed by atoms with Gasteiger partial charge in [-0.25, -0.2) is 0 Å². The van der Waals surface area contributed by atoms with E-state index in [9.17, 15) is 0 Å². The van der Waals surface area contributed by atoms with Gasteiger partial charge in [-0.2, -0.15) is 5.10 Å². The number of nitrogens with two attached hydrogens (primary N) is 2. The van der Waals surface area contributed by atoms with Gasteiger partial charge in [0.2, 0.25) is 5.96 Å². The summed E-state index contributed by atoms with van der Waals surface area (Å²) in [6, 6.07) is 18.5. The van der Waals surface area contributed by atoms with E-state index in [0.29, 0.717) is 0 Å². The molecule has 0 bridgehead atoms. The molecule has 0 amide bonds. The molecule has 0 fully saturated rings. The van der Waals surface area contributed by atoms with Crippen LogP contribution in [0.25, 0.3) is 22.2 Å². The van der Waals surface area contributed by atoms with Crippen LogP contribution < -0.4 is 11.5 Å². The summed E-state index contributed by atoms with van der Waals surface area (Å²) in [5, 5.41) is 9.11. The Morgan fingerprint density at radius 1 is 0.913 bits per heavy atom. The van der Waals surface area contributed by atoms with Gasteiger partial charge >= 0.3 is 0 Å². The number of aryl methyl sites for hydroxylation is 1. The lowest BCUT2D eigenvalue weighted by Crippen LogP contribution is -2.22. The molecule has 116 valence electrons. The minimum atomic E-state index is -0.0501. The Morgan fingerprint density at radius 3 is 2.26 bits per heavy atom. The third-order valence-corrected chi connectivity index (χ3v) is 3.83. The van der Waals surface area contributed by atoms with Gasteiger partial charge in [0.05, 0.1) is 11.4 Å². The first-order chi connectivity index (χ1) is 11.1. The Bertz CT molecular complexity index is 900. The van der Waals surface area contributed by atoms with E-state index < -0.39 is 0 Å². The quantitative estimate of drug-likeness (QED) is 0.443. The van der Waals surface area contributed by atoms with E-state index in [0.717, 1.165) is 33.4 Å². The fraction of sp³-hybridized carbons (Fsp3) is 0.111. The molecule has 0 atom stereocenters. The van der Waals surface area contributed by atoms with Gasteiger partial charge in [0, 0.05) is 23.5 Å². The summed E-state index contributed by atoms with van der Waals surface area (Å²) < 4.78 is 2.18. The second-order valence-corrected chi connectivity index (χ2v) is 5.38. The van der Waals surface area contributed by atoms with Crippen LogP contribution in [0.4, 0.5) is 0 Å². The maximum atomic E-state index is 5.40. The van der Waals surface area contributed by atoms with Gasteiger partial charge in [-0.1, -0.05) is 48.5 Å². The zero-order valence-corrected chi connectivity index (χ0v) is 13.2. The number of nitrogens with zero attached hydrogens (tertiary/aromatic N) is 3. The average Bonchev–Trinajstić information content (AvgIpc) is 2.87. The van der Waals surface area contributed by atoms with E-state index in [-0.39, 0.29) is 5.96 Å². The van der Waals surface area contributed by atoms with Crippen molar-refractivity contribution in [3.05, 3.63) is 60.2 Å². The topological polar surface area (TPSA) is 81.7 Å². The fourth-order valence-electron chi connectivity index (χ4n) is 2.88. The van der Waals surface area contributed by atoms with Crippen LogP contribution in [0, 0.1) is 0 Å². The molecule has 5 heteroatoms. The third kappa shape index (κ3) is 2.68. The molecule has 2 aromatic carbocycles. The molecule has 0 unspecified atom stereocenters. The maximum Gasteiger partial charge on any atom is 0.211 e. The van der Waals surface area contributed by atoms with Crippen molar-refractivity contribution in [2.75, 3.05) is 0 Å². The lowest BCUT2D eigenvalue weighted by Gasteiger charge is -2.07. The molecule has 0 aliphatic heterocycles. The van der Waals surface area contributed by atoms with E-state index in [1.54, 1.807) is 0 Å². The highest BCUT2D eigenvalue weighted by atomic mass is 15.3. The SMILES string of the molecule is CC(=NN=C(N)N)c1c(-c2ccccc2)n(C)c2ccccc12. The minimum Gasteiger partial charge on any atom is -0.369 e. The van der Waals surface area contributed by atoms with Crippen molar-refractivity contribution in [1.29, 1.82) is 0 Å². The second-order valence-electron chi connectivity index (χ2n) is 5.38. The minimum absolute atomic E-state index is 0.0501. The van der Waals surface area contributed by atoms with Crippen molar-refractivity contribution in [2.45, 2.75) is 6.92 Å². The molecule has 0 saturated carbocycles. The van der Waals surface area contributed by atoms with Gasteiger partial charge in [-0.15, -0.1) is 5.10 Å². The van der Waals surface area contributed by atoms with Crippen molar-refractivity contribution in [3.8, 4) is 11.3 Å². The molecule has 4 N–H and O–H groups in total. The number of hydrogen-bond acceptors (Lipinski definition) is 2. The van der Waals surface area contributed by atoms with Crippen molar-refractivity contribution >= 4 is 22.6 Å². The summed E-state index contributed by atoms with van der Waals surface area (Å²) in [7, 11) is 2.06. The predicted molar refractivity (Wildman–Crippen MR) is 96.4 cm³/mol. The number of benzene rings is 2. The van der Waals surface area contributed by atoms with Crippen molar-refractivity contribution in [3.63, 3.8) is 0 Å². The van der Waals surface area contributed by atoms with E-state index >= 15 is 0 Å². The van der Waals surface area contributed by atoms with Gasteiger partial charge in [-0.3, -0.25) is 0 Å². The first-order valence-corrected chi connectivity index (χ1v) is 7.36. The first kappa shape index (κ1) is 14.8. The van der Waals surface area contributed by atoms with E-state index in [1.165, 1.54) is 0 Å². The molecule has 1 heterocycles. The zero-order valence-electron chi connectivity index (χ0n) is 13.2. The van der Waals surface area contributed by atoms with Crippen LogP contribution in [0.2, 0.25) is 0 Å². The second kappa shape index (κ2) is 5.96. The molecule has 3 rings (SSSR count). The van der Waals surface area contributed by atoms with Gasteiger partial charge < -0.3 is 16.0 Å². The molecule has 5 nitrogen and oxygen atoms in total. The van der Waals surface area contributed by atoms with Crippen LogP contribution >= 0.6 is 0 Å².